The highest BCUT2D eigenvalue weighted by molar-refractivity contribution is 7.99. The highest BCUT2D eigenvalue weighted by Crippen LogP contribution is 2.04. The summed E-state index contributed by atoms with van der Waals surface area (Å²) >= 11 is 1.49. The topological polar surface area (TPSA) is 66.8 Å². The van der Waals surface area contributed by atoms with Crippen LogP contribution in [0.1, 0.15) is 6.92 Å². The molecule has 1 amide bonds. The van der Waals surface area contributed by atoms with Crippen molar-refractivity contribution >= 4 is 23.6 Å². The van der Waals surface area contributed by atoms with Gasteiger partial charge in [-0.1, -0.05) is 6.92 Å². The first-order valence-electron chi connectivity index (χ1n) is 5.02. The van der Waals surface area contributed by atoms with E-state index >= 15 is 0 Å². The number of carbonyl (C=O) groups excluding carboxylic acids is 1. The Morgan fingerprint density at radius 3 is 2.62 bits per heavy atom. The number of nitrogens with zero attached hydrogens (tertiary/aromatic N) is 1. The lowest BCUT2D eigenvalue weighted by molar-refractivity contribution is -0.142. The summed E-state index contributed by atoms with van der Waals surface area (Å²) < 4.78 is 4.86. The number of carbonyl (C=O) groups is 2. The Labute approximate surface area is 100 Å². The van der Waals surface area contributed by atoms with E-state index in [1.807, 2.05) is 0 Å². The molecule has 0 aromatic carbocycles. The summed E-state index contributed by atoms with van der Waals surface area (Å²) in [5.41, 5.74) is 0. The highest BCUT2D eigenvalue weighted by atomic mass is 32.2. The third-order valence-corrected chi connectivity index (χ3v) is 2.96. The van der Waals surface area contributed by atoms with Gasteiger partial charge in [0, 0.05) is 26.5 Å². The molecule has 0 saturated carbocycles. The van der Waals surface area contributed by atoms with E-state index in [4.69, 9.17) is 9.84 Å². The fraction of sp³-hybridized carbons (Fsp3) is 0.800. The van der Waals surface area contributed by atoms with Crippen LogP contribution in [0.15, 0.2) is 0 Å². The predicted molar refractivity (Wildman–Crippen MR) is 63.6 cm³/mol. The van der Waals surface area contributed by atoms with Gasteiger partial charge in [0.1, 0.15) is 0 Å². The second-order valence-corrected chi connectivity index (χ2v) is 4.66. The fourth-order valence-electron chi connectivity index (χ4n) is 1.00. The van der Waals surface area contributed by atoms with Gasteiger partial charge >= 0.3 is 5.97 Å². The Morgan fingerprint density at radius 2 is 2.12 bits per heavy atom. The smallest absolute Gasteiger partial charge is 0.308 e. The van der Waals surface area contributed by atoms with Gasteiger partial charge in [0.05, 0.1) is 18.3 Å². The second-order valence-electron chi connectivity index (χ2n) is 3.56. The first kappa shape index (κ1) is 15.2. The van der Waals surface area contributed by atoms with E-state index in [0.717, 1.165) is 5.75 Å². The van der Waals surface area contributed by atoms with Gasteiger partial charge in [-0.3, -0.25) is 9.59 Å². The molecule has 6 heteroatoms. The molecule has 16 heavy (non-hydrogen) atoms. The molecular formula is C10H19NO4S. The maximum absolute atomic E-state index is 11.5. The van der Waals surface area contributed by atoms with Crippen LogP contribution in [0.2, 0.25) is 0 Å². The van der Waals surface area contributed by atoms with Crippen LogP contribution >= 0.6 is 11.8 Å². The van der Waals surface area contributed by atoms with E-state index in [1.54, 1.807) is 21.1 Å². The van der Waals surface area contributed by atoms with Crippen LogP contribution in [0.4, 0.5) is 0 Å². The third-order valence-electron chi connectivity index (χ3n) is 2.05. The van der Waals surface area contributed by atoms with Gasteiger partial charge in [-0.2, -0.15) is 0 Å². The van der Waals surface area contributed by atoms with Crippen molar-refractivity contribution in [1.82, 2.24) is 4.90 Å². The Balaban J connectivity index is 3.77. The Morgan fingerprint density at radius 1 is 1.50 bits per heavy atom. The minimum atomic E-state index is -0.883. The summed E-state index contributed by atoms with van der Waals surface area (Å²) in [6, 6.07) is 0. The summed E-state index contributed by atoms with van der Waals surface area (Å²) in [5.74, 6) is -0.324. The molecule has 0 aliphatic carbocycles. The molecule has 0 fully saturated rings. The molecule has 1 unspecified atom stereocenters. The first-order valence-corrected chi connectivity index (χ1v) is 6.18. The lowest BCUT2D eigenvalue weighted by atomic mass is 10.2. The molecular weight excluding hydrogens is 230 g/mol. The zero-order chi connectivity index (χ0) is 12.6. The average Bonchev–Trinajstić information content (AvgIpc) is 2.23. The van der Waals surface area contributed by atoms with E-state index in [-0.39, 0.29) is 12.5 Å². The summed E-state index contributed by atoms with van der Waals surface area (Å²) in [6.45, 7) is 2.45. The minimum absolute atomic E-state index is 0.0470. The third kappa shape index (κ3) is 6.68. The van der Waals surface area contributed by atoms with Crippen molar-refractivity contribution in [2.24, 2.45) is 5.92 Å². The van der Waals surface area contributed by atoms with Gasteiger partial charge in [0.25, 0.3) is 0 Å². The van der Waals surface area contributed by atoms with Crippen LogP contribution in [0, 0.1) is 5.92 Å². The van der Waals surface area contributed by atoms with E-state index in [0.29, 0.717) is 12.4 Å². The molecule has 94 valence electrons. The summed E-state index contributed by atoms with van der Waals surface area (Å²) in [7, 11) is 3.24. The summed E-state index contributed by atoms with van der Waals surface area (Å²) in [4.78, 5) is 23.6. The van der Waals surface area contributed by atoms with Gasteiger partial charge in [0.15, 0.2) is 0 Å². The fourth-order valence-corrected chi connectivity index (χ4v) is 1.83. The molecule has 0 bridgehead atoms. The van der Waals surface area contributed by atoms with Crippen molar-refractivity contribution in [3.8, 4) is 0 Å². The van der Waals surface area contributed by atoms with E-state index in [2.05, 4.69) is 0 Å². The monoisotopic (exact) mass is 249 g/mol. The molecule has 0 aromatic rings. The second kappa shape index (κ2) is 8.41. The van der Waals surface area contributed by atoms with Crippen molar-refractivity contribution in [3.05, 3.63) is 0 Å². The molecule has 0 radical (unpaired) electrons. The lowest BCUT2D eigenvalue weighted by Crippen LogP contribution is -2.34. The van der Waals surface area contributed by atoms with E-state index < -0.39 is 11.9 Å². The van der Waals surface area contributed by atoms with Crippen molar-refractivity contribution in [1.29, 1.82) is 0 Å². The summed E-state index contributed by atoms with van der Waals surface area (Å²) in [6.07, 6.45) is 0. The molecule has 0 aliphatic heterocycles. The molecule has 0 aliphatic rings. The molecule has 0 heterocycles. The number of hydrogen-bond acceptors (Lipinski definition) is 4. The zero-order valence-electron chi connectivity index (χ0n) is 9.93. The van der Waals surface area contributed by atoms with Crippen LogP contribution in [0.5, 0.6) is 0 Å². The van der Waals surface area contributed by atoms with Crippen molar-refractivity contribution in [3.63, 3.8) is 0 Å². The van der Waals surface area contributed by atoms with Gasteiger partial charge in [-0.05, 0) is 0 Å². The minimum Gasteiger partial charge on any atom is -0.481 e. The van der Waals surface area contributed by atoms with Crippen molar-refractivity contribution in [2.75, 3.05) is 38.8 Å². The number of aliphatic carboxylic acids is 1. The zero-order valence-corrected chi connectivity index (χ0v) is 10.7. The average molecular weight is 249 g/mol. The van der Waals surface area contributed by atoms with Crippen molar-refractivity contribution in [2.45, 2.75) is 6.92 Å². The van der Waals surface area contributed by atoms with Crippen LogP contribution < -0.4 is 0 Å². The highest BCUT2D eigenvalue weighted by Gasteiger charge is 2.16. The SMILES string of the molecule is COCCSCC(=O)N(C)CC(C)C(=O)O. The molecule has 1 atom stereocenters. The number of ether oxygens (including phenoxy) is 1. The maximum Gasteiger partial charge on any atom is 0.308 e. The van der Waals surface area contributed by atoms with Crippen LogP contribution in [-0.2, 0) is 14.3 Å². The first-order chi connectivity index (χ1) is 7.49. The quantitative estimate of drug-likeness (QED) is 0.636. The standard InChI is InChI=1S/C10H19NO4S/c1-8(10(13)14)6-11(2)9(12)7-16-5-4-15-3/h8H,4-7H2,1-3H3,(H,13,14). The summed E-state index contributed by atoms with van der Waals surface area (Å²) in [5, 5.41) is 8.70. The number of amides is 1. The number of thioether (sulfide) groups is 1. The Kier molecular flexibility index (Phi) is 8.01. The van der Waals surface area contributed by atoms with Gasteiger partial charge in [0.2, 0.25) is 5.91 Å². The van der Waals surface area contributed by atoms with Gasteiger partial charge < -0.3 is 14.7 Å². The van der Waals surface area contributed by atoms with Crippen LogP contribution in [0.25, 0.3) is 0 Å². The molecule has 0 saturated heterocycles. The van der Waals surface area contributed by atoms with Gasteiger partial charge in [-0.15, -0.1) is 11.8 Å². The van der Waals surface area contributed by atoms with Crippen molar-refractivity contribution < 1.29 is 19.4 Å². The maximum atomic E-state index is 11.5. The number of carboxylic acid groups (broad SMARTS) is 1. The van der Waals surface area contributed by atoms with E-state index in [9.17, 15) is 9.59 Å². The van der Waals surface area contributed by atoms with Crippen LogP contribution in [0.3, 0.4) is 0 Å². The largest absolute Gasteiger partial charge is 0.481 e. The molecule has 0 rings (SSSR count). The number of hydrogen-bond donors (Lipinski definition) is 1. The molecule has 0 spiro atoms. The van der Waals surface area contributed by atoms with E-state index in [1.165, 1.54) is 16.7 Å². The number of carboxylic acids is 1. The Bertz CT molecular complexity index is 235. The Hall–Kier alpha value is -0.750. The molecule has 1 N–H and O–H groups in total. The molecule has 0 aromatic heterocycles. The molecule has 5 nitrogen and oxygen atoms in total. The number of rotatable bonds is 8. The lowest BCUT2D eigenvalue weighted by Gasteiger charge is -2.19. The normalized spacial score (nSPS) is 12.2. The van der Waals surface area contributed by atoms with Crippen LogP contribution in [-0.4, -0.2) is 60.7 Å². The number of methoxy groups -OCH3 is 1. The van der Waals surface area contributed by atoms with Gasteiger partial charge in [-0.25, -0.2) is 0 Å². The predicted octanol–water partition coefficient (Wildman–Crippen LogP) is 0.545.